The van der Waals surface area contributed by atoms with E-state index >= 15 is 0 Å². The molecule has 1 unspecified atom stereocenters. The van der Waals surface area contributed by atoms with Crippen LogP contribution in [0.4, 0.5) is 0 Å². The summed E-state index contributed by atoms with van der Waals surface area (Å²) in [7, 11) is 0. The largest absolute Gasteiger partial charge is 0.502 e. The van der Waals surface area contributed by atoms with Gasteiger partial charge in [-0.05, 0) is 39.5 Å². The lowest BCUT2D eigenvalue weighted by Crippen LogP contribution is -2.41. The van der Waals surface area contributed by atoms with Crippen molar-refractivity contribution in [2.24, 2.45) is 5.92 Å². The van der Waals surface area contributed by atoms with Crippen LogP contribution in [0.2, 0.25) is 0 Å². The van der Waals surface area contributed by atoms with Crippen LogP contribution >= 0.6 is 0 Å². The molecule has 0 fully saturated rings. The Morgan fingerprint density at radius 2 is 1.43 bits per heavy atom. The van der Waals surface area contributed by atoms with Gasteiger partial charge in [-0.15, -0.1) is 0 Å². The van der Waals surface area contributed by atoms with Crippen LogP contribution in [-0.2, 0) is 20.0 Å². The number of hydrogen-bond acceptors (Lipinski definition) is 3. The van der Waals surface area contributed by atoms with Crippen LogP contribution in [-0.4, -0.2) is 19.8 Å². The van der Waals surface area contributed by atoms with E-state index in [2.05, 4.69) is 64.1 Å². The molecule has 0 aliphatic carbocycles. The molecule has 0 saturated carbocycles. The van der Waals surface area contributed by atoms with Gasteiger partial charge in [-0.3, -0.25) is 0 Å². The zero-order chi connectivity index (χ0) is 21.9. The van der Waals surface area contributed by atoms with Crippen LogP contribution in [0.25, 0.3) is 0 Å². The molecule has 3 nitrogen and oxygen atoms in total. The monoisotopic (exact) mass is 418 g/mol. The highest BCUT2D eigenvalue weighted by Crippen LogP contribution is 2.41. The molecule has 0 bridgehead atoms. The molecule has 0 radical (unpaired) electrons. The van der Waals surface area contributed by atoms with Gasteiger partial charge < -0.3 is 14.2 Å². The first-order valence-corrected chi connectivity index (χ1v) is 12.3. The summed E-state index contributed by atoms with van der Waals surface area (Å²) >= 11 is 0. The number of benzene rings is 1. The lowest BCUT2D eigenvalue weighted by atomic mass is 9.83. The predicted molar refractivity (Wildman–Crippen MR) is 127 cm³/mol. The van der Waals surface area contributed by atoms with E-state index in [0.717, 1.165) is 37.9 Å². The van der Waals surface area contributed by atoms with Crippen molar-refractivity contribution >= 4 is 0 Å². The van der Waals surface area contributed by atoms with E-state index in [0.29, 0.717) is 19.1 Å². The molecule has 0 aliphatic rings. The molecule has 0 aliphatic heterocycles. The highest BCUT2D eigenvalue weighted by Gasteiger charge is 2.41. The Labute approximate surface area is 186 Å². The molecule has 1 aromatic carbocycles. The normalized spacial score (nSPS) is 13.1. The van der Waals surface area contributed by atoms with Crippen molar-refractivity contribution in [3.63, 3.8) is 0 Å². The topological polar surface area (TPSA) is 27.7 Å². The molecule has 0 saturated heterocycles. The second-order valence-electron chi connectivity index (χ2n) is 7.95. The first-order chi connectivity index (χ1) is 14.7. The van der Waals surface area contributed by atoms with E-state index in [9.17, 15) is 0 Å². The van der Waals surface area contributed by atoms with Gasteiger partial charge in [0.05, 0.1) is 12.9 Å². The summed E-state index contributed by atoms with van der Waals surface area (Å²) in [4.78, 5) is 0. The number of rotatable bonds is 19. The molecule has 3 heteroatoms. The first-order valence-electron chi connectivity index (χ1n) is 12.3. The summed E-state index contributed by atoms with van der Waals surface area (Å²) in [6, 6.07) is 10.5. The zero-order valence-electron chi connectivity index (χ0n) is 20.0. The zero-order valence-corrected chi connectivity index (χ0v) is 20.0. The van der Waals surface area contributed by atoms with E-state index in [1.165, 1.54) is 38.5 Å². The number of ether oxygens (including phenoxy) is 3. The van der Waals surface area contributed by atoms with Crippen molar-refractivity contribution in [1.29, 1.82) is 0 Å². The van der Waals surface area contributed by atoms with Crippen LogP contribution in [0.3, 0.4) is 0 Å². The fraction of sp³-hybridized carbons (Fsp3) is 0.704. The third-order valence-electron chi connectivity index (χ3n) is 5.58. The molecule has 0 spiro atoms. The standard InChI is InChI=1S/C27H46O3/c1-5-9-11-12-13-15-19-26(22-18-24-28-23-10-6-2)27(29-7-3,30-8-4)25-20-16-14-17-21-25/h10,14,16-17,20-21,23,26H,5-9,11-13,15,18-19,22,24H2,1-4H3. The summed E-state index contributed by atoms with van der Waals surface area (Å²) in [6.07, 6.45) is 15.9. The lowest BCUT2D eigenvalue weighted by molar-refractivity contribution is -0.277. The summed E-state index contributed by atoms with van der Waals surface area (Å²) in [5, 5.41) is 0. The first kappa shape index (κ1) is 26.7. The summed E-state index contributed by atoms with van der Waals surface area (Å²) in [5.74, 6) is -0.363. The summed E-state index contributed by atoms with van der Waals surface area (Å²) in [5.41, 5.74) is 1.14. The minimum atomic E-state index is -0.673. The molecule has 0 amide bonds. The molecule has 30 heavy (non-hydrogen) atoms. The van der Waals surface area contributed by atoms with Crippen molar-refractivity contribution < 1.29 is 14.2 Å². The van der Waals surface area contributed by atoms with Crippen LogP contribution < -0.4 is 0 Å². The second-order valence-corrected chi connectivity index (χ2v) is 7.95. The maximum absolute atomic E-state index is 6.43. The smallest absolute Gasteiger partial charge is 0.197 e. The number of unbranched alkanes of at least 4 members (excludes halogenated alkanes) is 5. The molecule has 0 N–H and O–H groups in total. The average molecular weight is 419 g/mol. The Balaban J connectivity index is 2.91. The van der Waals surface area contributed by atoms with Crippen LogP contribution in [0.5, 0.6) is 0 Å². The number of hydrogen-bond donors (Lipinski definition) is 0. The fourth-order valence-corrected chi connectivity index (χ4v) is 4.12. The van der Waals surface area contributed by atoms with Gasteiger partial charge in [0, 0.05) is 24.7 Å². The van der Waals surface area contributed by atoms with Gasteiger partial charge in [-0.2, -0.15) is 0 Å². The van der Waals surface area contributed by atoms with Gasteiger partial charge in [0.15, 0.2) is 5.79 Å². The van der Waals surface area contributed by atoms with E-state index in [-0.39, 0.29) is 0 Å². The maximum Gasteiger partial charge on any atom is 0.197 e. The number of allylic oxidation sites excluding steroid dienone is 1. The van der Waals surface area contributed by atoms with Crippen LogP contribution in [0, 0.1) is 5.92 Å². The van der Waals surface area contributed by atoms with Crippen molar-refractivity contribution in [3.05, 3.63) is 48.2 Å². The molecule has 172 valence electrons. The van der Waals surface area contributed by atoms with E-state index in [4.69, 9.17) is 14.2 Å². The minimum Gasteiger partial charge on any atom is -0.502 e. The Kier molecular flexibility index (Phi) is 15.5. The Morgan fingerprint density at radius 1 is 0.800 bits per heavy atom. The third-order valence-corrected chi connectivity index (χ3v) is 5.58. The molecular formula is C27H46O3. The highest BCUT2D eigenvalue weighted by atomic mass is 16.7. The Morgan fingerprint density at radius 3 is 2.07 bits per heavy atom. The maximum atomic E-state index is 6.43. The summed E-state index contributed by atoms with van der Waals surface area (Å²) in [6.45, 7) is 10.5. The average Bonchev–Trinajstić information content (AvgIpc) is 2.77. The van der Waals surface area contributed by atoms with Crippen molar-refractivity contribution in [2.75, 3.05) is 19.8 Å². The van der Waals surface area contributed by atoms with Gasteiger partial charge >= 0.3 is 0 Å². The van der Waals surface area contributed by atoms with Gasteiger partial charge in [-0.1, -0.05) is 88.8 Å². The third kappa shape index (κ3) is 9.66. The van der Waals surface area contributed by atoms with Crippen molar-refractivity contribution in [2.45, 2.75) is 97.7 Å². The van der Waals surface area contributed by atoms with Gasteiger partial charge in [0.1, 0.15) is 0 Å². The highest BCUT2D eigenvalue weighted by molar-refractivity contribution is 5.21. The molecule has 1 aromatic rings. The molecule has 0 heterocycles. The fourth-order valence-electron chi connectivity index (χ4n) is 4.12. The van der Waals surface area contributed by atoms with E-state index in [1.54, 1.807) is 0 Å². The summed E-state index contributed by atoms with van der Waals surface area (Å²) < 4.78 is 18.5. The lowest BCUT2D eigenvalue weighted by Gasteiger charge is -2.41. The van der Waals surface area contributed by atoms with Gasteiger partial charge in [0.2, 0.25) is 0 Å². The van der Waals surface area contributed by atoms with E-state index in [1.807, 2.05) is 6.26 Å². The SMILES string of the molecule is CCC=COCCCC(CCCCCCCC)C(OCC)(OCC)c1ccccc1. The van der Waals surface area contributed by atoms with Crippen LogP contribution in [0.15, 0.2) is 42.7 Å². The molecular weight excluding hydrogens is 372 g/mol. The minimum absolute atomic E-state index is 0.310. The van der Waals surface area contributed by atoms with Crippen LogP contribution in [0.1, 0.15) is 97.5 Å². The van der Waals surface area contributed by atoms with E-state index < -0.39 is 5.79 Å². The predicted octanol–water partition coefficient (Wildman–Crippen LogP) is 8.00. The molecule has 0 aromatic heterocycles. The Bertz CT molecular complexity index is 520. The van der Waals surface area contributed by atoms with Gasteiger partial charge in [0.25, 0.3) is 0 Å². The van der Waals surface area contributed by atoms with Gasteiger partial charge in [-0.25, -0.2) is 0 Å². The second kappa shape index (κ2) is 17.4. The molecule has 1 atom stereocenters. The molecule has 1 rings (SSSR count). The van der Waals surface area contributed by atoms with Crippen molar-refractivity contribution in [3.8, 4) is 0 Å². The van der Waals surface area contributed by atoms with Crippen molar-refractivity contribution in [1.82, 2.24) is 0 Å². The quantitative estimate of drug-likeness (QED) is 0.129. The Hall–Kier alpha value is -1.32.